The van der Waals surface area contributed by atoms with Gasteiger partial charge in [-0.1, -0.05) is 5.21 Å². The van der Waals surface area contributed by atoms with Crippen molar-refractivity contribution in [3.05, 3.63) is 31.0 Å². The van der Waals surface area contributed by atoms with E-state index in [1.807, 2.05) is 23.1 Å². The lowest BCUT2D eigenvalue weighted by molar-refractivity contribution is 0.393. The molecule has 21 heavy (non-hydrogen) atoms. The molecule has 3 aromatic heterocycles. The van der Waals surface area contributed by atoms with Crippen molar-refractivity contribution in [3.8, 4) is 0 Å². The van der Waals surface area contributed by atoms with Crippen LogP contribution >= 0.6 is 0 Å². The van der Waals surface area contributed by atoms with Gasteiger partial charge in [0, 0.05) is 18.9 Å². The van der Waals surface area contributed by atoms with E-state index in [1.165, 1.54) is 12.8 Å². The number of nitrogens with zero attached hydrogens (tertiary/aromatic N) is 6. The van der Waals surface area contributed by atoms with Crippen LogP contribution in [0.15, 0.2) is 31.0 Å². The first-order valence-electron chi connectivity index (χ1n) is 7.30. The number of H-pyrrole nitrogens is 1. The van der Waals surface area contributed by atoms with Gasteiger partial charge in [0.2, 0.25) is 0 Å². The highest BCUT2D eigenvalue weighted by Gasteiger charge is 2.25. The SMILES string of the molecule is c1cn(CC2CCCCN2c2ncnc3[nH]ccc23)nn1. The molecule has 0 saturated carbocycles. The Labute approximate surface area is 122 Å². The topological polar surface area (TPSA) is 75.5 Å². The summed E-state index contributed by atoms with van der Waals surface area (Å²) >= 11 is 0. The van der Waals surface area contributed by atoms with E-state index < -0.39 is 0 Å². The first-order chi connectivity index (χ1) is 10.4. The molecule has 7 heteroatoms. The molecule has 4 heterocycles. The molecular formula is C14H17N7. The van der Waals surface area contributed by atoms with Crippen molar-refractivity contribution in [2.45, 2.75) is 31.8 Å². The summed E-state index contributed by atoms with van der Waals surface area (Å²) < 4.78 is 1.90. The van der Waals surface area contributed by atoms with Gasteiger partial charge in [-0.2, -0.15) is 0 Å². The summed E-state index contributed by atoms with van der Waals surface area (Å²) in [5.74, 6) is 1.02. The minimum Gasteiger partial charge on any atom is -0.351 e. The van der Waals surface area contributed by atoms with Gasteiger partial charge in [0.15, 0.2) is 0 Å². The zero-order valence-corrected chi connectivity index (χ0v) is 11.7. The molecule has 1 saturated heterocycles. The Morgan fingerprint density at radius 2 is 2.29 bits per heavy atom. The number of rotatable bonds is 3. The van der Waals surface area contributed by atoms with Gasteiger partial charge in [0.05, 0.1) is 24.2 Å². The maximum atomic E-state index is 4.53. The van der Waals surface area contributed by atoms with Crippen LogP contribution in [0.2, 0.25) is 0 Å². The molecule has 3 aromatic rings. The molecule has 4 rings (SSSR count). The number of fused-ring (bicyclic) bond motifs is 1. The van der Waals surface area contributed by atoms with E-state index >= 15 is 0 Å². The summed E-state index contributed by atoms with van der Waals surface area (Å²) in [4.78, 5) is 14.4. The van der Waals surface area contributed by atoms with Gasteiger partial charge in [-0.25, -0.2) is 9.97 Å². The molecule has 1 unspecified atom stereocenters. The highest BCUT2D eigenvalue weighted by atomic mass is 15.4. The van der Waals surface area contributed by atoms with E-state index in [1.54, 1.807) is 12.5 Å². The highest BCUT2D eigenvalue weighted by Crippen LogP contribution is 2.28. The van der Waals surface area contributed by atoms with E-state index in [-0.39, 0.29) is 0 Å². The molecule has 0 aromatic carbocycles. The van der Waals surface area contributed by atoms with Crippen LogP contribution in [0.4, 0.5) is 5.82 Å². The molecule has 1 atom stereocenters. The summed E-state index contributed by atoms with van der Waals surface area (Å²) in [6.45, 7) is 1.87. The van der Waals surface area contributed by atoms with Crippen molar-refractivity contribution in [2.24, 2.45) is 0 Å². The van der Waals surface area contributed by atoms with E-state index in [2.05, 4.69) is 30.2 Å². The predicted molar refractivity (Wildman–Crippen MR) is 78.9 cm³/mol. The summed E-state index contributed by atoms with van der Waals surface area (Å²) in [6.07, 6.45) is 10.8. The fourth-order valence-corrected chi connectivity index (χ4v) is 3.10. The van der Waals surface area contributed by atoms with Gasteiger partial charge in [-0.3, -0.25) is 4.68 Å². The maximum absolute atomic E-state index is 4.53. The fraction of sp³-hybridized carbons (Fsp3) is 0.429. The fourth-order valence-electron chi connectivity index (χ4n) is 3.10. The molecule has 0 aliphatic carbocycles. The van der Waals surface area contributed by atoms with Crippen LogP contribution in [0.1, 0.15) is 19.3 Å². The number of anilines is 1. The molecule has 0 spiro atoms. The number of aromatic nitrogens is 6. The van der Waals surface area contributed by atoms with Crippen molar-refractivity contribution in [2.75, 3.05) is 11.4 Å². The molecule has 1 fully saturated rings. The standard InChI is InChI=1S/C14H17N7/c1-2-7-21(11(3-1)9-20-8-6-18-19-20)14-12-4-5-15-13(12)16-10-17-14/h4-6,8,10-11H,1-3,7,9H2,(H,15,16,17). The van der Waals surface area contributed by atoms with Gasteiger partial charge in [0.1, 0.15) is 17.8 Å². The van der Waals surface area contributed by atoms with E-state index in [0.29, 0.717) is 6.04 Å². The van der Waals surface area contributed by atoms with Crippen LogP contribution < -0.4 is 4.90 Å². The van der Waals surface area contributed by atoms with Crippen molar-refractivity contribution in [3.63, 3.8) is 0 Å². The number of hydrogen-bond donors (Lipinski definition) is 1. The Morgan fingerprint density at radius 3 is 3.19 bits per heavy atom. The summed E-state index contributed by atoms with van der Waals surface area (Å²) in [5, 5.41) is 9.07. The predicted octanol–water partition coefficient (Wildman–Crippen LogP) is 1.61. The maximum Gasteiger partial charge on any atom is 0.142 e. The number of nitrogens with one attached hydrogen (secondary N) is 1. The molecule has 0 amide bonds. The molecule has 108 valence electrons. The minimum atomic E-state index is 0.397. The molecule has 1 aliphatic heterocycles. The lowest BCUT2D eigenvalue weighted by Crippen LogP contribution is -2.43. The van der Waals surface area contributed by atoms with Gasteiger partial charge in [-0.05, 0) is 25.3 Å². The molecule has 0 radical (unpaired) electrons. The average molecular weight is 283 g/mol. The lowest BCUT2D eigenvalue weighted by Gasteiger charge is -2.36. The third-order valence-electron chi connectivity index (χ3n) is 4.10. The second-order valence-corrected chi connectivity index (χ2v) is 5.41. The summed E-state index contributed by atoms with van der Waals surface area (Å²) in [7, 11) is 0. The van der Waals surface area contributed by atoms with Crippen LogP contribution in [0.25, 0.3) is 11.0 Å². The van der Waals surface area contributed by atoms with Crippen LogP contribution in [-0.2, 0) is 6.54 Å². The zero-order chi connectivity index (χ0) is 14.1. The van der Waals surface area contributed by atoms with Crippen molar-refractivity contribution in [1.82, 2.24) is 29.9 Å². The zero-order valence-electron chi connectivity index (χ0n) is 11.7. The Bertz CT molecular complexity index is 718. The molecule has 1 N–H and O–H groups in total. The third kappa shape index (κ3) is 2.24. The number of aromatic amines is 1. The first kappa shape index (κ1) is 12.3. The molecular weight excluding hydrogens is 266 g/mol. The van der Waals surface area contributed by atoms with Crippen LogP contribution in [0.5, 0.6) is 0 Å². The summed E-state index contributed by atoms with van der Waals surface area (Å²) in [6, 6.07) is 2.44. The second kappa shape index (κ2) is 5.16. The largest absolute Gasteiger partial charge is 0.351 e. The quantitative estimate of drug-likeness (QED) is 0.790. The van der Waals surface area contributed by atoms with Gasteiger partial charge in [0.25, 0.3) is 0 Å². The summed E-state index contributed by atoms with van der Waals surface area (Å²) in [5.41, 5.74) is 0.894. The van der Waals surface area contributed by atoms with E-state index in [9.17, 15) is 0 Å². The third-order valence-corrected chi connectivity index (χ3v) is 4.10. The van der Waals surface area contributed by atoms with Crippen LogP contribution in [0, 0.1) is 0 Å². The average Bonchev–Trinajstić information content (AvgIpc) is 3.18. The Kier molecular flexibility index (Phi) is 3.02. The Morgan fingerprint density at radius 1 is 1.29 bits per heavy atom. The monoisotopic (exact) mass is 283 g/mol. The molecule has 1 aliphatic rings. The lowest BCUT2D eigenvalue weighted by atomic mass is 10.0. The van der Waals surface area contributed by atoms with Gasteiger partial charge in [-0.15, -0.1) is 5.10 Å². The molecule has 0 bridgehead atoms. The smallest absolute Gasteiger partial charge is 0.142 e. The Hall–Kier alpha value is -2.44. The van der Waals surface area contributed by atoms with E-state index in [4.69, 9.17) is 0 Å². The van der Waals surface area contributed by atoms with Crippen LogP contribution in [-0.4, -0.2) is 42.5 Å². The number of hydrogen-bond acceptors (Lipinski definition) is 5. The van der Waals surface area contributed by atoms with Crippen molar-refractivity contribution < 1.29 is 0 Å². The van der Waals surface area contributed by atoms with Gasteiger partial charge < -0.3 is 9.88 Å². The minimum absolute atomic E-state index is 0.397. The Balaban J connectivity index is 1.68. The highest BCUT2D eigenvalue weighted by molar-refractivity contribution is 5.87. The number of piperidine rings is 1. The van der Waals surface area contributed by atoms with Crippen LogP contribution in [0.3, 0.4) is 0 Å². The normalized spacial score (nSPS) is 19.2. The second-order valence-electron chi connectivity index (χ2n) is 5.41. The van der Waals surface area contributed by atoms with E-state index in [0.717, 1.165) is 36.4 Å². The van der Waals surface area contributed by atoms with Crippen molar-refractivity contribution in [1.29, 1.82) is 0 Å². The molecule has 7 nitrogen and oxygen atoms in total. The van der Waals surface area contributed by atoms with Crippen molar-refractivity contribution >= 4 is 16.9 Å². The van der Waals surface area contributed by atoms with Gasteiger partial charge >= 0.3 is 0 Å². The first-order valence-corrected chi connectivity index (χ1v) is 7.30.